The normalized spacial score (nSPS) is 10.2. The lowest BCUT2D eigenvalue weighted by Crippen LogP contribution is -1.94. The highest BCUT2D eigenvalue weighted by Crippen LogP contribution is 2.29. The molecule has 0 saturated heterocycles. The van der Waals surface area contributed by atoms with Crippen molar-refractivity contribution in [2.45, 2.75) is 0 Å². The molecule has 0 amide bonds. The van der Waals surface area contributed by atoms with Gasteiger partial charge in [-0.15, -0.1) is 0 Å². The van der Waals surface area contributed by atoms with Crippen LogP contribution in [0.2, 0.25) is 5.02 Å². The highest BCUT2D eigenvalue weighted by Gasteiger charge is 2.05. The summed E-state index contributed by atoms with van der Waals surface area (Å²) in [6, 6.07) is 7.40. The molecule has 2 rings (SSSR count). The summed E-state index contributed by atoms with van der Waals surface area (Å²) in [4.78, 5) is 4.25. The first-order valence-electron chi connectivity index (χ1n) is 4.60. The number of rotatable bonds is 3. The summed E-state index contributed by atoms with van der Waals surface area (Å²) in [6.07, 6.45) is 3.42. The van der Waals surface area contributed by atoms with E-state index in [9.17, 15) is 0 Å². The van der Waals surface area contributed by atoms with E-state index in [2.05, 4.69) is 11.6 Å². The fraction of sp³-hybridized carbons (Fsp3) is 0.0833. The molecule has 3 heteroatoms. The Balaban J connectivity index is 2.56. The number of pyridine rings is 1. The number of aromatic nitrogens is 1. The maximum Gasteiger partial charge on any atom is 0.146 e. The van der Waals surface area contributed by atoms with Crippen LogP contribution < -0.4 is 4.74 Å². The van der Waals surface area contributed by atoms with Crippen LogP contribution in [-0.4, -0.2) is 11.6 Å². The molecule has 0 saturated carbocycles. The Morgan fingerprint density at radius 1 is 1.40 bits per heavy atom. The maximum atomic E-state index is 6.05. The molecule has 0 fully saturated rings. The lowest BCUT2D eigenvalue weighted by molar-refractivity contribution is 0.367. The van der Waals surface area contributed by atoms with E-state index in [1.807, 2.05) is 24.3 Å². The van der Waals surface area contributed by atoms with Gasteiger partial charge in [0.1, 0.15) is 17.9 Å². The summed E-state index contributed by atoms with van der Waals surface area (Å²) in [6.45, 7) is 4.07. The molecule has 0 spiro atoms. The lowest BCUT2D eigenvalue weighted by Gasteiger charge is -2.07. The van der Waals surface area contributed by atoms with Crippen molar-refractivity contribution in [1.29, 1.82) is 0 Å². The second-order valence-electron chi connectivity index (χ2n) is 3.04. The third-order valence-electron chi connectivity index (χ3n) is 2.04. The highest BCUT2D eigenvalue weighted by atomic mass is 35.5. The molecule has 15 heavy (non-hydrogen) atoms. The first-order chi connectivity index (χ1) is 7.33. The molecule has 0 bridgehead atoms. The van der Waals surface area contributed by atoms with Crippen molar-refractivity contribution in [3.63, 3.8) is 0 Å². The van der Waals surface area contributed by atoms with Crippen LogP contribution in [0.15, 0.2) is 43.1 Å². The fourth-order valence-electron chi connectivity index (χ4n) is 1.38. The molecule has 0 N–H and O–H groups in total. The molecule has 0 aliphatic carbocycles. The SMILES string of the molecule is C=CCOc1ccc(Cl)c2cccnc12. The van der Waals surface area contributed by atoms with E-state index in [4.69, 9.17) is 16.3 Å². The van der Waals surface area contributed by atoms with Crippen LogP contribution in [0, 0.1) is 0 Å². The van der Waals surface area contributed by atoms with Crippen molar-refractivity contribution in [3.8, 4) is 5.75 Å². The van der Waals surface area contributed by atoms with Crippen LogP contribution in [0.5, 0.6) is 5.75 Å². The van der Waals surface area contributed by atoms with Gasteiger partial charge >= 0.3 is 0 Å². The third kappa shape index (κ3) is 1.95. The first kappa shape index (κ1) is 9.99. The summed E-state index contributed by atoms with van der Waals surface area (Å²) >= 11 is 6.05. The predicted octanol–water partition coefficient (Wildman–Crippen LogP) is 3.45. The summed E-state index contributed by atoms with van der Waals surface area (Å²) in [7, 11) is 0. The molecule has 1 aromatic carbocycles. The van der Waals surface area contributed by atoms with Crippen molar-refractivity contribution < 1.29 is 4.74 Å². The van der Waals surface area contributed by atoms with E-state index in [0.717, 1.165) is 16.7 Å². The van der Waals surface area contributed by atoms with Gasteiger partial charge in [-0.2, -0.15) is 0 Å². The van der Waals surface area contributed by atoms with Crippen LogP contribution in [-0.2, 0) is 0 Å². The third-order valence-corrected chi connectivity index (χ3v) is 2.37. The minimum Gasteiger partial charge on any atom is -0.487 e. The molecule has 0 aliphatic heterocycles. The molecular weight excluding hydrogens is 210 g/mol. The van der Waals surface area contributed by atoms with Gasteiger partial charge in [0.05, 0.1) is 5.02 Å². The first-order valence-corrected chi connectivity index (χ1v) is 4.97. The molecule has 0 atom stereocenters. The van der Waals surface area contributed by atoms with Crippen LogP contribution in [0.4, 0.5) is 0 Å². The van der Waals surface area contributed by atoms with Gasteiger partial charge in [0.2, 0.25) is 0 Å². The van der Waals surface area contributed by atoms with E-state index < -0.39 is 0 Å². The summed E-state index contributed by atoms with van der Waals surface area (Å²) in [5.41, 5.74) is 0.784. The molecule has 2 nitrogen and oxygen atoms in total. The van der Waals surface area contributed by atoms with Crippen molar-refractivity contribution in [2.24, 2.45) is 0 Å². The Hall–Kier alpha value is -1.54. The van der Waals surface area contributed by atoms with Crippen molar-refractivity contribution in [2.75, 3.05) is 6.61 Å². The number of hydrogen-bond acceptors (Lipinski definition) is 2. The second kappa shape index (κ2) is 4.32. The Morgan fingerprint density at radius 3 is 3.07 bits per heavy atom. The molecule has 1 aromatic heterocycles. The molecule has 76 valence electrons. The van der Waals surface area contributed by atoms with Crippen molar-refractivity contribution >= 4 is 22.5 Å². The van der Waals surface area contributed by atoms with E-state index in [-0.39, 0.29) is 0 Å². The molecular formula is C12H10ClNO. The van der Waals surface area contributed by atoms with Gasteiger partial charge in [0.25, 0.3) is 0 Å². The van der Waals surface area contributed by atoms with Gasteiger partial charge in [-0.05, 0) is 24.3 Å². The largest absolute Gasteiger partial charge is 0.487 e. The number of hydrogen-bond donors (Lipinski definition) is 0. The van der Waals surface area contributed by atoms with E-state index in [1.165, 1.54) is 0 Å². The van der Waals surface area contributed by atoms with Gasteiger partial charge in [-0.3, -0.25) is 4.98 Å². The van der Waals surface area contributed by atoms with Gasteiger partial charge < -0.3 is 4.74 Å². The van der Waals surface area contributed by atoms with E-state index in [1.54, 1.807) is 12.3 Å². The minimum absolute atomic E-state index is 0.466. The highest BCUT2D eigenvalue weighted by molar-refractivity contribution is 6.35. The zero-order chi connectivity index (χ0) is 10.7. The zero-order valence-corrected chi connectivity index (χ0v) is 8.87. The van der Waals surface area contributed by atoms with Crippen LogP contribution in [0.3, 0.4) is 0 Å². The topological polar surface area (TPSA) is 22.1 Å². The predicted molar refractivity (Wildman–Crippen MR) is 62.4 cm³/mol. The monoisotopic (exact) mass is 219 g/mol. The summed E-state index contributed by atoms with van der Waals surface area (Å²) in [5.74, 6) is 0.731. The summed E-state index contributed by atoms with van der Waals surface area (Å²) in [5, 5.41) is 1.59. The van der Waals surface area contributed by atoms with Gasteiger partial charge in [0.15, 0.2) is 0 Å². The molecule has 2 aromatic rings. The van der Waals surface area contributed by atoms with Gasteiger partial charge in [-0.1, -0.05) is 24.3 Å². The average Bonchev–Trinajstić information content (AvgIpc) is 2.29. The molecule has 1 heterocycles. The molecule has 0 unspecified atom stereocenters. The van der Waals surface area contributed by atoms with Crippen LogP contribution in [0.25, 0.3) is 10.9 Å². The number of halogens is 1. The minimum atomic E-state index is 0.466. The van der Waals surface area contributed by atoms with Crippen molar-refractivity contribution in [3.05, 3.63) is 48.1 Å². The van der Waals surface area contributed by atoms with E-state index in [0.29, 0.717) is 11.6 Å². The van der Waals surface area contributed by atoms with Gasteiger partial charge in [-0.25, -0.2) is 0 Å². The van der Waals surface area contributed by atoms with Crippen LogP contribution in [0.1, 0.15) is 0 Å². The molecule has 0 aliphatic rings. The van der Waals surface area contributed by atoms with E-state index >= 15 is 0 Å². The van der Waals surface area contributed by atoms with Crippen LogP contribution >= 0.6 is 11.6 Å². The Kier molecular flexibility index (Phi) is 2.88. The quantitative estimate of drug-likeness (QED) is 0.738. The Morgan fingerprint density at radius 2 is 2.27 bits per heavy atom. The van der Waals surface area contributed by atoms with Crippen molar-refractivity contribution in [1.82, 2.24) is 4.98 Å². The maximum absolute atomic E-state index is 6.05. The zero-order valence-electron chi connectivity index (χ0n) is 8.11. The Bertz CT molecular complexity index is 496. The van der Waals surface area contributed by atoms with Gasteiger partial charge in [0, 0.05) is 11.6 Å². The number of ether oxygens (including phenoxy) is 1. The fourth-order valence-corrected chi connectivity index (χ4v) is 1.59. The standard InChI is InChI=1S/C12H10ClNO/c1-2-8-15-11-6-5-10(13)9-4-3-7-14-12(9)11/h2-7H,1,8H2. The average molecular weight is 220 g/mol. The molecule has 0 radical (unpaired) electrons. The number of fused-ring (bicyclic) bond motifs is 1. The number of benzene rings is 1. The Labute approximate surface area is 93.2 Å². The second-order valence-corrected chi connectivity index (χ2v) is 3.45. The smallest absolute Gasteiger partial charge is 0.146 e. The lowest BCUT2D eigenvalue weighted by atomic mass is 10.2. The number of nitrogens with zero attached hydrogens (tertiary/aromatic N) is 1. The summed E-state index contributed by atoms with van der Waals surface area (Å²) < 4.78 is 5.48.